The zero-order valence-electron chi connectivity index (χ0n) is 13.8. The van der Waals surface area contributed by atoms with Crippen molar-refractivity contribution in [1.82, 2.24) is 20.4 Å². The molecule has 122 valence electrons. The lowest BCUT2D eigenvalue weighted by atomic mass is 10.4. The van der Waals surface area contributed by atoms with Gasteiger partial charge < -0.3 is 20.4 Å². The van der Waals surface area contributed by atoms with Crippen LogP contribution >= 0.6 is 0 Å². The fourth-order valence-electron chi connectivity index (χ4n) is 2.34. The topological polar surface area (TPSA) is 60.0 Å². The minimum atomic E-state index is 0.299. The quantitative estimate of drug-likeness (QED) is 0.370. The zero-order chi connectivity index (χ0) is 15.5. The van der Waals surface area contributed by atoms with Crippen molar-refractivity contribution in [3.63, 3.8) is 0 Å². The van der Waals surface area contributed by atoms with Crippen molar-refractivity contribution in [2.24, 2.45) is 4.99 Å². The van der Waals surface area contributed by atoms with Crippen LogP contribution in [0.25, 0.3) is 0 Å². The van der Waals surface area contributed by atoms with E-state index in [2.05, 4.69) is 41.5 Å². The van der Waals surface area contributed by atoms with Gasteiger partial charge in [-0.15, -0.1) is 0 Å². The molecule has 6 nitrogen and oxygen atoms in total. The van der Waals surface area contributed by atoms with E-state index in [1.54, 1.807) is 0 Å². The third kappa shape index (κ3) is 7.90. The predicted octanol–water partition coefficient (Wildman–Crippen LogP) is 0.506. The number of carbonyl (C=O) groups is 1. The van der Waals surface area contributed by atoms with E-state index in [1.807, 2.05) is 4.90 Å². The molecule has 0 aromatic rings. The molecule has 0 spiro atoms. The molecule has 0 aliphatic carbocycles. The summed E-state index contributed by atoms with van der Waals surface area (Å²) in [5.74, 6) is 1.18. The molecule has 21 heavy (non-hydrogen) atoms. The first kappa shape index (κ1) is 17.8. The van der Waals surface area contributed by atoms with Gasteiger partial charge in [0.25, 0.3) is 0 Å². The maximum absolute atomic E-state index is 11.5. The van der Waals surface area contributed by atoms with Gasteiger partial charge in [0.15, 0.2) is 5.96 Å². The Balaban J connectivity index is 2.19. The number of hydrogen-bond donors (Lipinski definition) is 2. The molecule has 6 heteroatoms. The lowest BCUT2D eigenvalue weighted by Gasteiger charge is -2.15. The van der Waals surface area contributed by atoms with Gasteiger partial charge in [-0.1, -0.05) is 0 Å². The average molecular weight is 297 g/mol. The van der Waals surface area contributed by atoms with Crippen LogP contribution in [0.4, 0.5) is 0 Å². The van der Waals surface area contributed by atoms with Crippen LogP contribution in [0.1, 0.15) is 32.6 Å². The predicted molar refractivity (Wildman–Crippen MR) is 87.6 cm³/mol. The molecule has 0 saturated carbocycles. The Morgan fingerprint density at radius 3 is 2.76 bits per heavy atom. The number of aliphatic imine (C=N–C) groups is 1. The fourth-order valence-corrected chi connectivity index (χ4v) is 2.34. The van der Waals surface area contributed by atoms with Gasteiger partial charge in [0.05, 0.1) is 0 Å². The second-order valence-electron chi connectivity index (χ2n) is 5.68. The maximum atomic E-state index is 11.5. The van der Waals surface area contributed by atoms with Crippen molar-refractivity contribution in [2.45, 2.75) is 32.6 Å². The molecule has 1 fully saturated rings. The number of guanidine groups is 1. The maximum Gasteiger partial charge on any atom is 0.222 e. The Kier molecular flexibility index (Phi) is 8.82. The molecule has 0 unspecified atom stereocenters. The summed E-state index contributed by atoms with van der Waals surface area (Å²) in [5.41, 5.74) is 0. The van der Waals surface area contributed by atoms with Crippen molar-refractivity contribution in [3.05, 3.63) is 0 Å². The third-order valence-corrected chi connectivity index (χ3v) is 3.45. The number of carbonyl (C=O) groups excluding carboxylic acids is 1. The number of likely N-dealkylation sites (tertiary alicyclic amines) is 1. The summed E-state index contributed by atoms with van der Waals surface area (Å²) in [4.78, 5) is 20.2. The standard InChI is InChI=1S/C15H31N5O/c1-4-16-15(17-9-6-11-19(2)3)18-10-7-13-20-12-5-8-14(20)21/h4-13H2,1-3H3,(H2,16,17,18). The number of rotatable bonds is 9. The largest absolute Gasteiger partial charge is 0.357 e. The summed E-state index contributed by atoms with van der Waals surface area (Å²) in [6.07, 6.45) is 3.76. The monoisotopic (exact) mass is 297 g/mol. The van der Waals surface area contributed by atoms with E-state index >= 15 is 0 Å². The van der Waals surface area contributed by atoms with Gasteiger partial charge in [0.1, 0.15) is 0 Å². The summed E-state index contributed by atoms with van der Waals surface area (Å²) in [5, 5.41) is 6.60. The molecule has 0 radical (unpaired) electrons. The SMILES string of the molecule is CCNC(=NCCCN1CCCC1=O)NCCCN(C)C. The highest BCUT2D eigenvalue weighted by atomic mass is 16.2. The molecular weight excluding hydrogens is 266 g/mol. The van der Waals surface area contributed by atoms with Crippen molar-refractivity contribution in [3.8, 4) is 0 Å². The van der Waals surface area contributed by atoms with Crippen molar-refractivity contribution >= 4 is 11.9 Å². The first-order valence-electron chi connectivity index (χ1n) is 8.08. The molecule has 0 aromatic carbocycles. The summed E-state index contributed by atoms with van der Waals surface area (Å²) >= 11 is 0. The molecule has 0 aromatic heterocycles. The highest BCUT2D eigenvalue weighted by Crippen LogP contribution is 2.09. The van der Waals surface area contributed by atoms with Crippen LogP contribution in [0.2, 0.25) is 0 Å². The molecule has 1 aliphatic heterocycles. The van der Waals surface area contributed by atoms with Gasteiger partial charge in [-0.25, -0.2) is 0 Å². The first-order chi connectivity index (χ1) is 10.1. The molecule has 1 aliphatic rings. The van der Waals surface area contributed by atoms with Crippen LogP contribution < -0.4 is 10.6 Å². The average Bonchev–Trinajstić information content (AvgIpc) is 2.84. The van der Waals surface area contributed by atoms with Crippen LogP contribution in [-0.4, -0.2) is 75.0 Å². The number of hydrogen-bond acceptors (Lipinski definition) is 3. The molecule has 1 saturated heterocycles. The number of nitrogens with one attached hydrogen (secondary N) is 2. The van der Waals surface area contributed by atoms with E-state index < -0.39 is 0 Å². The Labute approximate surface area is 129 Å². The van der Waals surface area contributed by atoms with Crippen molar-refractivity contribution in [2.75, 3.05) is 53.4 Å². The minimum Gasteiger partial charge on any atom is -0.357 e. The van der Waals surface area contributed by atoms with Gasteiger partial charge in [0.2, 0.25) is 5.91 Å². The Hall–Kier alpha value is -1.30. The molecule has 2 N–H and O–H groups in total. The fraction of sp³-hybridized carbons (Fsp3) is 0.867. The first-order valence-corrected chi connectivity index (χ1v) is 8.08. The summed E-state index contributed by atoms with van der Waals surface area (Å²) in [7, 11) is 4.16. The molecule has 1 rings (SSSR count). The van der Waals surface area contributed by atoms with Crippen molar-refractivity contribution in [1.29, 1.82) is 0 Å². The molecule has 0 bridgehead atoms. The second kappa shape index (κ2) is 10.4. The van der Waals surface area contributed by atoms with Gasteiger partial charge in [0, 0.05) is 39.1 Å². The van der Waals surface area contributed by atoms with Crippen LogP contribution in [0.15, 0.2) is 4.99 Å². The van der Waals surface area contributed by atoms with E-state index in [-0.39, 0.29) is 0 Å². The lowest BCUT2D eigenvalue weighted by Crippen LogP contribution is -2.38. The third-order valence-electron chi connectivity index (χ3n) is 3.45. The highest BCUT2D eigenvalue weighted by Gasteiger charge is 2.18. The van der Waals surface area contributed by atoms with E-state index in [0.29, 0.717) is 5.91 Å². The van der Waals surface area contributed by atoms with E-state index in [9.17, 15) is 4.79 Å². The minimum absolute atomic E-state index is 0.299. The van der Waals surface area contributed by atoms with E-state index in [4.69, 9.17) is 0 Å². The smallest absolute Gasteiger partial charge is 0.222 e. The Morgan fingerprint density at radius 2 is 2.14 bits per heavy atom. The van der Waals surface area contributed by atoms with Crippen molar-refractivity contribution < 1.29 is 4.79 Å². The van der Waals surface area contributed by atoms with Gasteiger partial charge in [-0.3, -0.25) is 9.79 Å². The summed E-state index contributed by atoms with van der Waals surface area (Å²) in [6.45, 7) is 7.45. The van der Waals surface area contributed by atoms with Gasteiger partial charge in [-0.05, 0) is 46.8 Å². The van der Waals surface area contributed by atoms with Crippen LogP contribution in [0, 0.1) is 0 Å². The van der Waals surface area contributed by atoms with E-state index in [0.717, 1.165) is 70.9 Å². The van der Waals surface area contributed by atoms with Crippen LogP contribution in [0.5, 0.6) is 0 Å². The molecule has 1 amide bonds. The highest BCUT2D eigenvalue weighted by molar-refractivity contribution is 5.79. The zero-order valence-corrected chi connectivity index (χ0v) is 13.8. The normalized spacial score (nSPS) is 15.9. The van der Waals surface area contributed by atoms with Gasteiger partial charge in [-0.2, -0.15) is 0 Å². The van der Waals surface area contributed by atoms with E-state index in [1.165, 1.54) is 0 Å². The summed E-state index contributed by atoms with van der Waals surface area (Å²) in [6, 6.07) is 0. The molecule has 1 heterocycles. The number of amides is 1. The van der Waals surface area contributed by atoms with Crippen LogP contribution in [-0.2, 0) is 4.79 Å². The summed E-state index contributed by atoms with van der Waals surface area (Å²) < 4.78 is 0. The van der Waals surface area contributed by atoms with Crippen LogP contribution in [0.3, 0.4) is 0 Å². The lowest BCUT2D eigenvalue weighted by molar-refractivity contribution is -0.127. The molecule has 0 atom stereocenters. The second-order valence-corrected chi connectivity index (χ2v) is 5.68. The Morgan fingerprint density at radius 1 is 1.33 bits per heavy atom. The molecular formula is C15H31N5O. The van der Waals surface area contributed by atoms with Gasteiger partial charge >= 0.3 is 0 Å². The Bertz CT molecular complexity index is 330. The number of nitrogens with zero attached hydrogens (tertiary/aromatic N) is 3.